The highest BCUT2D eigenvalue weighted by molar-refractivity contribution is 5.39. The van der Waals surface area contributed by atoms with Crippen LogP contribution in [-0.4, -0.2) is 39.5 Å². The van der Waals surface area contributed by atoms with Crippen molar-refractivity contribution in [3.05, 3.63) is 36.3 Å². The molecule has 2 rings (SSSR count). The summed E-state index contributed by atoms with van der Waals surface area (Å²) in [6.45, 7) is 11.9. The third-order valence-electron chi connectivity index (χ3n) is 3.59. The van der Waals surface area contributed by atoms with Gasteiger partial charge in [-0.3, -0.25) is 4.90 Å². The van der Waals surface area contributed by atoms with Crippen LogP contribution in [0.3, 0.4) is 0 Å². The van der Waals surface area contributed by atoms with Crippen molar-refractivity contribution in [2.24, 2.45) is 0 Å². The lowest BCUT2D eigenvalue weighted by Crippen LogP contribution is -2.41. The van der Waals surface area contributed by atoms with E-state index in [0.717, 1.165) is 31.0 Å². The first kappa shape index (κ1) is 15.0. The highest BCUT2D eigenvalue weighted by Crippen LogP contribution is 2.05. The molecule has 110 valence electrons. The van der Waals surface area contributed by atoms with E-state index in [4.69, 9.17) is 0 Å². The molecule has 0 aromatic carbocycles. The van der Waals surface area contributed by atoms with Crippen LogP contribution in [-0.2, 0) is 6.54 Å². The second-order valence-corrected chi connectivity index (χ2v) is 5.80. The zero-order chi connectivity index (χ0) is 14.5. The topological polar surface area (TPSA) is 32.6 Å². The van der Waals surface area contributed by atoms with E-state index in [1.54, 1.807) is 0 Å². The molecule has 0 radical (unpaired) electrons. The predicted octanol–water partition coefficient (Wildman–Crippen LogP) is 2.54. The van der Waals surface area contributed by atoms with Gasteiger partial charge in [0.25, 0.3) is 0 Å². The van der Waals surface area contributed by atoms with Gasteiger partial charge in [-0.25, -0.2) is 4.98 Å². The Balaban J connectivity index is 1.81. The smallest absolute Gasteiger partial charge is 0.137 e. The minimum Gasteiger partial charge on any atom is -0.310 e. The van der Waals surface area contributed by atoms with Crippen LogP contribution in [0, 0.1) is 0 Å². The lowest BCUT2D eigenvalue weighted by atomic mass is 10.2. The van der Waals surface area contributed by atoms with E-state index in [0.29, 0.717) is 12.1 Å². The van der Waals surface area contributed by atoms with E-state index in [2.05, 4.69) is 53.5 Å². The van der Waals surface area contributed by atoms with Crippen molar-refractivity contribution in [2.75, 3.05) is 13.1 Å². The Bertz CT molecular complexity index is 489. The largest absolute Gasteiger partial charge is 0.310 e. The van der Waals surface area contributed by atoms with Crippen LogP contribution in [0.25, 0.3) is 5.65 Å². The molecule has 2 aromatic heterocycles. The molecule has 0 saturated heterocycles. The van der Waals surface area contributed by atoms with Gasteiger partial charge in [-0.15, -0.1) is 0 Å². The molecule has 0 aliphatic heterocycles. The number of rotatable bonds is 7. The highest BCUT2D eigenvalue weighted by atomic mass is 15.2. The first-order chi connectivity index (χ1) is 9.58. The molecule has 0 spiro atoms. The van der Waals surface area contributed by atoms with Crippen molar-refractivity contribution in [1.82, 2.24) is 19.6 Å². The molecule has 2 aromatic rings. The fourth-order valence-corrected chi connectivity index (χ4v) is 2.61. The Labute approximate surface area is 121 Å². The number of aromatic nitrogens is 2. The Kier molecular flexibility index (Phi) is 5.15. The molecule has 0 saturated carbocycles. The Morgan fingerprint density at radius 3 is 2.60 bits per heavy atom. The van der Waals surface area contributed by atoms with Gasteiger partial charge < -0.3 is 9.72 Å². The van der Waals surface area contributed by atoms with Crippen LogP contribution in [0.2, 0.25) is 0 Å². The van der Waals surface area contributed by atoms with Crippen LogP contribution in [0.5, 0.6) is 0 Å². The minimum absolute atomic E-state index is 0.590. The number of nitrogens with one attached hydrogen (secondary N) is 1. The number of hydrogen-bond acceptors (Lipinski definition) is 3. The first-order valence-electron chi connectivity index (χ1n) is 7.47. The third-order valence-corrected chi connectivity index (χ3v) is 3.59. The van der Waals surface area contributed by atoms with Crippen LogP contribution in [0.1, 0.15) is 33.4 Å². The standard InChI is InChI=1S/C16H26N4/c1-13(2)20(14(3)4)10-8-17-11-15-12-19-9-6-5-7-16(19)18-15/h5-7,9,12-14,17H,8,10-11H2,1-4H3. The van der Waals surface area contributed by atoms with Crippen LogP contribution in [0.15, 0.2) is 30.6 Å². The second-order valence-electron chi connectivity index (χ2n) is 5.80. The average Bonchev–Trinajstić information content (AvgIpc) is 2.80. The maximum Gasteiger partial charge on any atom is 0.137 e. The van der Waals surface area contributed by atoms with E-state index >= 15 is 0 Å². The van der Waals surface area contributed by atoms with Gasteiger partial charge in [-0.2, -0.15) is 0 Å². The van der Waals surface area contributed by atoms with Gasteiger partial charge in [0.2, 0.25) is 0 Å². The van der Waals surface area contributed by atoms with Crippen molar-refractivity contribution in [3.63, 3.8) is 0 Å². The lowest BCUT2D eigenvalue weighted by molar-refractivity contribution is 0.175. The summed E-state index contributed by atoms with van der Waals surface area (Å²) in [5, 5.41) is 3.49. The zero-order valence-electron chi connectivity index (χ0n) is 13.0. The SMILES string of the molecule is CC(C)N(CCNCc1cn2ccccc2n1)C(C)C. The summed E-state index contributed by atoms with van der Waals surface area (Å²) in [4.78, 5) is 7.08. The summed E-state index contributed by atoms with van der Waals surface area (Å²) in [5.74, 6) is 0. The molecular formula is C16H26N4. The van der Waals surface area contributed by atoms with Crippen molar-refractivity contribution in [1.29, 1.82) is 0 Å². The molecule has 0 unspecified atom stereocenters. The van der Waals surface area contributed by atoms with Gasteiger partial charge in [-0.05, 0) is 39.8 Å². The zero-order valence-corrected chi connectivity index (χ0v) is 13.0. The molecule has 2 heterocycles. The quantitative estimate of drug-likeness (QED) is 0.788. The van der Waals surface area contributed by atoms with E-state index < -0.39 is 0 Å². The van der Waals surface area contributed by atoms with Crippen molar-refractivity contribution >= 4 is 5.65 Å². The van der Waals surface area contributed by atoms with Gasteiger partial charge in [0, 0.05) is 44.1 Å². The van der Waals surface area contributed by atoms with Crippen LogP contribution in [0.4, 0.5) is 0 Å². The summed E-state index contributed by atoms with van der Waals surface area (Å²) in [6.07, 6.45) is 4.12. The number of fused-ring (bicyclic) bond motifs is 1. The average molecular weight is 274 g/mol. The number of hydrogen-bond donors (Lipinski definition) is 1. The molecule has 4 nitrogen and oxygen atoms in total. The molecule has 0 fully saturated rings. The molecule has 0 amide bonds. The lowest BCUT2D eigenvalue weighted by Gasteiger charge is -2.30. The van der Waals surface area contributed by atoms with E-state index in [9.17, 15) is 0 Å². The maximum absolute atomic E-state index is 4.59. The van der Waals surface area contributed by atoms with Gasteiger partial charge in [0.1, 0.15) is 5.65 Å². The van der Waals surface area contributed by atoms with Crippen LogP contribution < -0.4 is 5.32 Å². The molecule has 0 aliphatic rings. The molecule has 20 heavy (non-hydrogen) atoms. The first-order valence-corrected chi connectivity index (χ1v) is 7.47. The van der Waals surface area contributed by atoms with E-state index in [1.165, 1.54) is 0 Å². The van der Waals surface area contributed by atoms with Gasteiger partial charge in [0.15, 0.2) is 0 Å². The summed E-state index contributed by atoms with van der Waals surface area (Å²) < 4.78 is 2.06. The predicted molar refractivity (Wildman–Crippen MR) is 83.9 cm³/mol. The maximum atomic E-state index is 4.59. The molecule has 0 atom stereocenters. The number of nitrogens with zero attached hydrogens (tertiary/aromatic N) is 3. The molecule has 4 heteroatoms. The van der Waals surface area contributed by atoms with Crippen molar-refractivity contribution in [2.45, 2.75) is 46.3 Å². The van der Waals surface area contributed by atoms with E-state index in [-0.39, 0.29) is 0 Å². The Morgan fingerprint density at radius 2 is 1.95 bits per heavy atom. The van der Waals surface area contributed by atoms with Crippen molar-refractivity contribution < 1.29 is 0 Å². The Morgan fingerprint density at radius 1 is 1.20 bits per heavy atom. The molecule has 0 aliphatic carbocycles. The molecule has 1 N–H and O–H groups in total. The fraction of sp³-hybridized carbons (Fsp3) is 0.562. The van der Waals surface area contributed by atoms with Gasteiger partial charge >= 0.3 is 0 Å². The van der Waals surface area contributed by atoms with E-state index in [1.807, 2.05) is 24.4 Å². The minimum atomic E-state index is 0.590. The summed E-state index contributed by atoms with van der Waals surface area (Å²) in [7, 11) is 0. The monoisotopic (exact) mass is 274 g/mol. The van der Waals surface area contributed by atoms with Crippen molar-refractivity contribution in [3.8, 4) is 0 Å². The summed E-state index contributed by atoms with van der Waals surface area (Å²) >= 11 is 0. The normalized spacial score (nSPS) is 12.2. The number of pyridine rings is 1. The van der Waals surface area contributed by atoms with Gasteiger partial charge in [-0.1, -0.05) is 6.07 Å². The Hall–Kier alpha value is -1.39. The third kappa shape index (κ3) is 3.81. The summed E-state index contributed by atoms with van der Waals surface area (Å²) in [5.41, 5.74) is 2.10. The summed E-state index contributed by atoms with van der Waals surface area (Å²) in [6, 6.07) is 7.25. The molecule has 0 bridgehead atoms. The second kappa shape index (κ2) is 6.86. The number of imidazole rings is 1. The van der Waals surface area contributed by atoms with Gasteiger partial charge in [0.05, 0.1) is 5.69 Å². The fourth-order valence-electron chi connectivity index (χ4n) is 2.61. The van der Waals surface area contributed by atoms with Crippen LogP contribution >= 0.6 is 0 Å². The molecular weight excluding hydrogens is 248 g/mol. The highest BCUT2D eigenvalue weighted by Gasteiger charge is 2.12.